The molecule has 1 aromatic rings. The molecule has 6 heteroatoms. The molecule has 92 valence electrons. The molecule has 1 N–H and O–H groups in total. The van der Waals surface area contributed by atoms with E-state index < -0.39 is 29.6 Å². The number of carboxylic acids is 1. The van der Waals surface area contributed by atoms with Gasteiger partial charge < -0.3 is 5.11 Å². The van der Waals surface area contributed by atoms with Gasteiger partial charge in [-0.3, -0.25) is 14.5 Å². The highest BCUT2D eigenvalue weighted by Crippen LogP contribution is 2.26. The zero-order valence-corrected chi connectivity index (χ0v) is 9.04. The number of hydrogen-bond donors (Lipinski definition) is 1. The van der Waals surface area contributed by atoms with Gasteiger partial charge in [0.05, 0.1) is 0 Å². The summed E-state index contributed by atoms with van der Waals surface area (Å²) in [4.78, 5) is 34.6. The van der Waals surface area contributed by atoms with Gasteiger partial charge in [0, 0.05) is 17.7 Å². The summed E-state index contributed by atoms with van der Waals surface area (Å²) in [7, 11) is 0. The maximum absolute atomic E-state index is 13.6. The van der Waals surface area contributed by atoms with Crippen molar-refractivity contribution in [3.05, 3.63) is 47.8 Å². The summed E-state index contributed by atoms with van der Waals surface area (Å²) in [6.45, 7) is 0. The summed E-state index contributed by atoms with van der Waals surface area (Å²) in [5, 5.41) is 9.11. The fourth-order valence-corrected chi connectivity index (χ4v) is 1.75. The maximum atomic E-state index is 13.6. The quantitative estimate of drug-likeness (QED) is 0.807. The van der Waals surface area contributed by atoms with Gasteiger partial charge in [0.1, 0.15) is 5.82 Å². The van der Waals surface area contributed by atoms with E-state index in [1.54, 1.807) is 0 Å². The predicted molar refractivity (Wildman–Crippen MR) is 57.8 cm³/mol. The minimum Gasteiger partial charge on any atom is -0.479 e. The van der Waals surface area contributed by atoms with Gasteiger partial charge in [0.15, 0.2) is 6.04 Å². The third kappa shape index (κ3) is 1.88. The van der Waals surface area contributed by atoms with Crippen LogP contribution in [0.15, 0.2) is 36.4 Å². The lowest BCUT2D eigenvalue weighted by Crippen LogP contribution is -2.39. The third-order valence-electron chi connectivity index (χ3n) is 2.54. The van der Waals surface area contributed by atoms with Crippen LogP contribution in [0.1, 0.15) is 11.6 Å². The number of carbonyl (C=O) groups excluding carboxylic acids is 2. The molecule has 0 aromatic heterocycles. The summed E-state index contributed by atoms with van der Waals surface area (Å²) in [6, 6.07) is 3.48. The van der Waals surface area contributed by atoms with Gasteiger partial charge in [-0.05, 0) is 6.07 Å². The molecule has 0 spiro atoms. The van der Waals surface area contributed by atoms with E-state index in [9.17, 15) is 18.8 Å². The van der Waals surface area contributed by atoms with Crippen molar-refractivity contribution in [3.8, 4) is 0 Å². The summed E-state index contributed by atoms with van der Waals surface area (Å²) in [5.41, 5.74) is -0.226. The Labute approximate surface area is 101 Å². The molecule has 0 fully saturated rings. The van der Waals surface area contributed by atoms with E-state index >= 15 is 0 Å². The Morgan fingerprint density at radius 2 is 1.72 bits per heavy atom. The van der Waals surface area contributed by atoms with Crippen LogP contribution in [0, 0.1) is 5.82 Å². The Hall–Kier alpha value is -2.50. The average molecular weight is 249 g/mol. The number of rotatable bonds is 3. The Morgan fingerprint density at radius 3 is 2.22 bits per heavy atom. The number of amides is 2. The Balaban J connectivity index is 2.48. The van der Waals surface area contributed by atoms with Crippen molar-refractivity contribution >= 4 is 17.8 Å². The van der Waals surface area contributed by atoms with Crippen LogP contribution in [-0.4, -0.2) is 27.8 Å². The van der Waals surface area contributed by atoms with Crippen LogP contribution in [-0.2, 0) is 14.4 Å². The van der Waals surface area contributed by atoms with Gasteiger partial charge in [-0.1, -0.05) is 18.2 Å². The van der Waals surface area contributed by atoms with Crippen LogP contribution in [0.3, 0.4) is 0 Å². The normalized spacial score (nSPS) is 16.2. The van der Waals surface area contributed by atoms with Gasteiger partial charge in [0.2, 0.25) is 0 Å². The van der Waals surface area contributed by atoms with Crippen molar-refractivity contribution in [1.82, 2.24) is 4.90 Å². The number of imide groups is 1. The number of aliphatic carboxylic acids is 1. The molecule has 5 nitrogen and oxygen atoms in total. The first kappa shape index (κ1) is 12.0. The second kappa shape index (κ2) is 4.40. The third-order valence-corrected chi connectivity index (χ3v) is 2.54. The second-order valence-electron chi connectivity index (χ2n) is 3.64. The van der Waals surface area contributed by atoms with Crippen molar-refractivity contribution in [2.75, 3.05) is 0 Å². The standard InChI is InChI=1S/C12H8FNO4/c13-8-4-2-1-3-7(8)11(12(17)18)14-9(15)5-6-10(14)16/h1-6,11H,(H,17,18). The highest BCUT2D eigenvalue weighted by atomic mass is 19.1. The fraction of sp³-hybridized carbons (Fsp3) is 0.0833. The van der Waals surface area contributed by atoms with Gasteiger partial charge in [0.25, 0.3) is 11.8 Å². The molecule has 1 aromatic carbocycles. The number of hydrogen-bond acceptors (Lipinski definition) is 3. The van der Waals surface area contributed by atoms with E-state index in [-0.39, 0.29) is 5.56 Å². The van der Waals surface area contributed by atoms with Gasteiger partial charge in [-0.2, -0.15) is 0 Å². The molecular formula is C12H8FNO4. The van der Waals surface area contributed by atoms with E-state index in [1.807, 2.05) is 0 Å². The first-order valence-electron chi connectivity index (χ1n) is 5.05. The van der Waals surface area contributed by atoms with Crippen molar-refractivity contribution in [1.29, 1.82) is 0 Å². The van der Waals surface area contributed by atoms with E-state index in [1.165, 1.54) is 18.2 Å². The van der Waals surface area contributed by atoms with Crippen molar-refractivity contribution in [2.24, 2.45) is 0 Å². The molecule has 1 unspecified atom stereocenters. The molecule has 0 bridgehead atoms. The minimum atomic E-state index is -1.65. The molecule has 1 atom stereocenters. The van der Waals surface area contributed by atoms with Crippen LogP contribution in [0.25, 0.3) is 0 Å². The number of benzene rings is 1. The summed E-state index contributed by atoms with van der Waals surface area (Å²) in [6.07, 6.45) is 1.91. The Bertz CT molecular complexity index is 549. The number of halogens is 1. The van der Waals surface area contributed by atoms with Gasteiger partial charge in [-0.15, -0.1) is 0 Å². The average Bonchev–Trinajstić information content (AvgIpc) is 2.63. The summed E-state index contributed by atoms with van der Waals surface area (Å²) in [5.74, 6) is -3.78. The number of carbonyl (C=O) groups is 3. The highest BCUT2D eigenvalue weighted by Gasteiger charge is 2.38. The predicted octanol–water partition coefficient (Wildman–Crippen LogP) is 0.876. The molecule has 1 aliphatic heterocycles. The molecule has 18 heavy (non-hydrogen) atoms. The van der Waals surface area contributed by atoms with Gasteiger partial charge in [-0.25, -0.2) is 9.18 Å². The smallest absolute Gasteiger partial charge is 0.331 e. The highest BCUT2D eigenvalue weighted by molar-refractivity contribution is 6.14. The Kier molecular flexibility index (Phi) is 2.93. The second-order valence-corrected chi connectivity index (χ2v) is 3.64. The minimum absolute atomic E-state index is 0.226. The first-order valence-corrected chi connectivity index (χ1v) is 5.05. The molecular weight excluding hydrogens is 241 g/mol. The molecule has 0 aliphatic carbocycles. The van der Waals surface area contributed by atoms with E-state index in [2.05, 4.69) is 0 Å². The molecule has 2 rings (SSSR count). The van der Waals surface area contributed by atoms with Crippen molar-refractivity contribution in [2.45, 2.75) is 6.04 Å². The van der Waals surface area contributed by atoms with Crippen LogP contribution < -0.4 is 0 Å². The molecule has 0 saturated carbocycles. The lowest BCUT2D eigenvalue weighted by Gasteiger charge is -2.22. The van der Waals surface area contributed by atoms with Crippen LogP contribution >= 0.6 is 0 Å². The number of nitrogens with zero attached hydrogens (tertiary/aromatic N) is 1. The van der Waals surface area contributed by atoms with Crippen molar-refractivity contribution in [3.63, 3.8) is 0 Å². The van der Waals surface area contributed by atoms with Crippen molar-refractivity contribution < 1.29 is 23.9 Å². The largest absolute Gasteiger partial charge is 0.479 e. The van der Waals surface area contributed by atoms with Crippen LogP contribution in [0.2, 0.25) is 0 Å². The zero-order valence-electron chi connectivity index (χ0n) is 9.04. The number of carboxylic acid groups (broad SMARTS) is 1. The maximum Gasteiger partial charge on any atom is 0.331 e. The zero-order chi connectivity index (χ0) is 13.3. The lowest BCUT2D eigenvalue weighted by atomic mass is 10.0. The van der Waals surface area contributed by atoms with Gasteiger partial charge >= 0.3 is 5.97 Å². The summed E-state index contributed by atoms with van der Waals surface area (Å²) < 4.78 is 13.6. The van der Waals surface area contributed by atoms with Crippen LogP contribution in [0.4, 0.5) is 4.39 Å². The lowest BCUT2D eigenvalue weighted by molar-refractivity contribution is -0.153. The van der Waals surface area contributed by atoms with E-state index in [4.69, 9.17) is 5.11 Å². The topological polar surface area (TPSA) is 74.7 Å². The fourth-order valence-electron chi connectivity index (χ4n) is 1.75. The molecule has 0 radical (unpaired) electrons. The SMILES string of the molecule is O=C(O)C(c1ccccc1F)N1C(=O)C=CC1=O. The van der Waals surface area contributed by atoms with E-state index in [0.717, 1.165) is 18.2 Å². The molecule has 0 saturated heterocycles. The first-order chi connectivity index (χ1) is 8.52. The van der Waals surface area contributed by atoms with Crippen LogP contribution in [0.5, 0.6) is 0 Å². The van der Waals surface area contributed by atoms with E-state index in [0.29, 0.717) is 4.90 Å². The molecule has 2 amide bonds. The Morgan fingerprint density at radius 1 is 1.17 bits per heavy atom. The summed E-state index contributed by atoms with van der Waals surface area (Å²) >= 11 is 0. The monoisotopic (exact) mass is 249 g/mol. The molecule has 1 heterocycles. The molecule has 1 aliphatic rings.